The maximum absolute atomic E-state index is 11.6. The van der Waals surface area contributed by atoms with Gasteiger partial charge in [0.05, 0.1) is 18.3 Å². The summed E-state index contributed by atoms with van der Waals surface area (Å²) in [4.78, 5) is 0.382. The molecule has 0 aliphatic heterocycles. The van der Waals surface area contributed by atoms with Crippen LogP contribution in [0.15, 0.2) is 0 Å². The topological polar surface area (TPSA) is 43.1 Å². The van der Waals surface area contributed by atoms with Crippen molar-refractivity contribution in [2.75, 3.05) is 18.5 Å². The van der Waals surface area contributed by atoms with Crippen LogP contribution in [0.5, 0.6) is 0 Å². The molecule has 0 aliphatic rings. The van der Waals surface area contributed by atoms with E-state index >= 15 is 0 Å². The summed E-state index contributed by atoms with van der Waals surface area (Å²) in [6, 6.07) is 0. The van der Waals surface area contributed by atoms with E-state index in [1.54, 1.807) is 0 Å². The molecule has 0 radical (unpaired) electrons. The molecule has 0 aliphatic carbocycles. The summed E-state index contributed by atoms with van der Waals surface area (Å²) in [6.07, 6.45) is 1.86. The second-order valence-electron chi connectivity index (χ2n) is 2.32. The number of hydrogen-bond donors (Lipinski definition) is 1. The molecule has 0 atom stereocenters. The predicted molar refractivity (Wildman–Crippen MR) is 50.3 cm³/mol. The van der Waals surface area contributed by atoms with Gasteiger partial charge in [-0.2, -0.15) is 0 Å². The molecule has 0 fully saturated rings. The highest BCUT2D eigenvalue weighted by atomic mass is 32.1. The average molecular weight is 179 g/mol. The maximum Gasteiger partial charge on any atom is 0.0937 e. The second-order valence-corrected chi connectivity index (χ2v) is 6.54. The van der Waals surface area contributed by atoms with Gasteiger partial charge in [0.15, 0.2) is 0 Å². The molecule has 0 saturated carbocycles. The van der Waals surface area contributed by atoms with E-state index in [1.807, 2.05) is 13.8 Å². The summed E-state index contributed by atoms with van der Waals surface area (Å²) in [5.74, 6) is 0. The first kappa shape index (κ1) is 10.1. The van der Waals surface area contributed by atoms with Crippen LogP contribution < -0.4 is 5.73 Å². The Morgan fingerprint density at radius 1 is 1.50 bits per heavy atom. The first-order chi connectivity index (χ1) is 4.54. The van der Waals surface area contributed by atoms with Crippen LogP contribution in [-0.2, 0) is 4.57 Å². The van der Waals surface area contributed by atoms with Crippen LogP contribution in [0, 0.1) is 0 Å². The minimum Gasteiger partial charge on any atom is -0.393 e. The number of hydrogen-bond acceptors (Lipinski definition) is 2. The molecule has 0 amide bonds. The molecule has 60 valence electrons. The molecule has 0 bridgehead atoms. The van der Waals surface area contributed by atoms with Crippen molar-refractivity contribution in [1.29, 1.82) is 0 Å². The van der Waals surface area contributed by atoms with E-state index in [4.69, 9.17) is 5.73 Å². The van der Waals surface area contributed by atoms with Gasteiger partial charge in [0.25, 0.3) is 0 Å². The summed E-state index contributed by atoms with van der Waals surface area (Å²) in [5, 5.41) is 0. The van der Waals surface area contributed by atoms with E-state index < -0.39 is 7.14 Å². The van der Waals surface area contributed by atoms with Crippen molar-refractivity contribution in [3.05, 3.63) is 0 Å². The molecule has 2 nitrogen and oxygen atoms in total. The van der Waals surface area contributed by atoms with Crippen LogP contribution in [-0.4, -0.2) is 23.5 Å². The predicted octanol–water partition coefficient (Wildman–Crippen LogP) is 1.68. The van der Waals surface area contributed by atoms with Gasteiger partial charge in [-0.3, -0.25) is 0 Å². The van der Waals surface area contributed by atoms with Crippen LogP contribution in [0.3, 0.4) is 0 Å². The van der Waals surface area contributed by atoms with E-state index in [0.717, 1.165) is 0 Å². The minimum atomic E-state index is -2.00. The Kier molecular flexibility index (Phi) is 4.14. The lowest BCUT2D eigenvalue weighted by molar-refractivity contribution is 0.578. The molecule has 0 spiro atoms. The fourth-order valence-electron chi connectivity index (χ4n) is 0.731. The number of rotatable bonds is 4. The summed E-state index contributed by atoms with van der Waals surface area (Å²) in [7, 11) is -2.00. The highest BCUT2D eigenvalue weighted by Crippen LogP contribution is 2.43. The van der Waals surface area contributed by atoms with Crippen molar-refractivity contribution in [3.63, 3.8) is 0 Å². The van der Waals surface area contributed by atoms with Gasteiger partial charge in [-0.1, -0.05) is 26.1 Å². The first-order valence-corrected chi connectivity index (χ1v) is 6.06. The molecule has 0 aromatic carbocycles. The van der Waals surface area contributed by atoms with Crippen LogP contribution in [0.1, 0.15) is 13.8 Å². The highest BCUT2D eigenvalue weighted by Gasteiger charge is 2.17. The van der Waals surface area contributed by atoms with Gasteiger partial charge in [-0.15, -0.1) is 0 Å². The SMILES string of the molecule is CCP(=O)(CC)CC(N)=S. The van der Waals surface area contributed by atoms with E-state index in [0.29, 0.717) is 23.5 Å². The quantitative estimate of drug-likeness (QED) is 0.527. The van der Waals surface area contributed by atoms with Gasteiger partial charge in [0, 0.05) is 0 Å². The Labute approximate surface area is 67.6 Å². The van der Waals surface area contributed by atoms with E-state index in [2.05, 4.69) is 12.2 Å². The summed E-state index contributed by atoms with van der Waals surface area (Å²) < 4.78 is 11.6. The van der Waals surface area contributed by atoms with E-state index in [1.165, 1.54) is 0 Å². The van der Waals surface area contributed by atoms with Crippen molar-refractivity contribution < 1.29 is 4.57 Å². The summed E-state index contributed by atoms with van der Waals surface area (Å²) in [6.45, 7) is 3.84. The summed E-state index contributed by atoms with van der Waals surface area (Å²) in [5.41, 5.74) is 5.29. The highest BCUT2D eigenvalue weighted by molar-refractivity contribution is 7.81. The summed E-state index contributed by atoms with van der Waals surface area (Å²) >= 11 is 4.68. The lowest BCUT2D eigenvalue weighted by atomic mass is 10.8. The number of nitrogens with two attached hydrogens (primary N) is 1. The molecule has 0 aromatic rings. The molecule has 0 unspecified atom stereocenters. The van der Waals surface area contributed by atoms with Crippen molar-refractivity contribution in [3.8, 4) is 0 Å². The van der Waals surface area contributed by atoms with Gasteiger partial charge >= 0.3 is 0 Å². The third kappa shape index (κ3) is 3.33. The van der Waals surface area contributed by atoms with Crippen LogP contribution in [0.25, 0.3) is 0 Å². The zero-order valence-electron chi connectivity index (χ0n) is 6.46. The molecular weight excluding hydrogens is 165 g/mol. The Morgan fingerprint density at radius 3 is 2.00 bits per heavy atom. The molecule has 0 saturated heterocycles. The normalized spacial score (nSPS) is 11.4. The van der Waals surface area contributed by atoms with Gasteiger partial charge in [0.2, 0.25) is 0 Å². The Morgan fingerprint density at radius 2 is 1.90 bits per heavy atom. The zero-order valence-corrected chi connectivity index (χ0v) is 8.17. The van der Waals surface area contributed by atoms with Gasteiger partial charge in [-0.05, 0) is 12.3 Å². The molecule has 0 heterocycles. The van der Waals surface area contributed by atoms with Crippen molar-refractivity contribution in [2.24, 2.45) is 5.73 Å². The first-order valence-electron chi connectivity index (χ1n) is 3.39. The van der Waals surface area contributed by atoms with E-state index in [9.17, 15) is 4.57 Å². The lowest BCUT2D eigenvalue weighted by Crippen LogP contribution is -2.15. The van der Waals surface area contributed by atoms with Crippen molar-refractivity contribution in [1.82, 2.24) is 0 Å². The maximum atomic E-state index is 11.6. The molecule has 0 aromatic heterocycles. The largest absolute Gasteiger partial charge is 0.393 e. The number of thiocarbonyl (C=S) groups is 1. The Hall–Kier alpha value is 0.120. The Balaban J connectivity index is 4.07. The third-order valence-corrected chi connectivity index (χ3v) is 5.18. The molecule has 2 N–H and O–H groups in total. The average Bonchev–Trinajstić information content (AvgIpc) is 1.87. The smallest absolute Gasteiger partial charge is 0.0937 e. The zero-order chi connectivity index (χ0) is 8.20. The van der Waals surface area contributed by atoms with Crippen molar-refractivity contribution >= 4 is 24.3 Å². The monoisotopic (exact) mass is 179 g/mol. The Bertz CT molecular complexity index is 161. The van der Waals surface area contributed by atoms with E-state index in [-0.39, 0.29) is 0 Å². The second kappa shape index (κ2) is 4.09. The molecule has 10 heavy (non-hydrogen) atoms. The van der Waals surface area contributed by atoms with Crippen molar-refractivity contribution in [2.45, 2.75) is 13.8 Å². The van der Waals surface area contributed by atoms with Gasteiger partial charge in [0.1, 0.15) is 0 Å². The standard InChI is InChI=1S/C6H14NOPS/c1-3-9(8,4-2)5-6(7)10/h3-5H2,1-2H3,(H2,7,10). The van der Waals surface area contributed by atoms with Crippen LogP contribution in [0.2, 0.25) is 0 Å². The fraction of sp³-hybridized carbons (Fsp3) is 0.833. The van der Waals surface area contributed by atoms with Crippen LogP contribution >= 0.6 is 19.4 Å². The third-order valence-electron chi connectivity index (χ3n) is 1.60. The minimum absolute atomic E-state index is 0.382. The molecule has 4 heteroatoms. The molecule has 0 rings (SSSR count). The van der Waals surface area contributed by atoms with Crippen LogP contribution in [0.4, 0.5) is 0 Å². The van der Waals surface area contributed by atoms with Gasteiger partial charge < -0.3 is 10.3 Å². The lowest BCUT2D eigenvalue weighted by Gasteiger charge is -2.11. The van der Waals surface area contributed by atoms with Gasteiger partial charge in [-0.25, -0.2) is 0 Å². The molecular formula is C6H14NOPS. The fourth-order valence-corrected chi connectivity index (χ4v) is 2.90.